The van der Waals surface area contributed by atoms with Crippen LogP contribution in [0.15, 0.2) is 415 Å². The molecule has 15 nitrogen and oxygen atoms in total. The Balaban J connectivity index is 0.831. The first-order valence-electron chi connectivity index (χ1n) is 40.1. The summed E-state index contributed by atoms with van der Waals surface area (Å²) in [5.41, 5.74) is 23.9. The van der Waals surface area contributed by atoms with Gasteiger partial charge in [-0.3, -0.25) is 29.9 Å². The Morgan fingerprint density at radius 2 is 0.283 bits per heavy atom. The highest BCUT2D eigenvalue weighted by Crippen LogP contribution is 2.76. The molecule has 0 aliphatic carbocycles. The van der Waals surface area contributed by atoms with Gasteiger partial charge in [0.2, 0.25) is 0 Å². The maximum Gasteiger partial charge on any atom is 0.138 e. The standard InChI is InChI=1S/C102H66N15P3/c1-7-25-85-79(19-1)97-91(31-13-61-103-97)112(85)67-37-49-73(50-38-67)118(74-51-39-68(40-52-74)113-86-26-8-2-20-80(86)98-92(113)32-14-62-104-98)109-119(75-53-41-69(42-54-75)114-87-27-9-3-21-81(87)99-93(114)33-15-63-105-99,76-55-43-70(44-56-76)115-88-28-10-4-22-82(88)100-94(115)34-16-64-106-100)111-120(110-118,77-57-45-71(46-58-77)116-89-29-11-5-23-83(89)101-95(116)35-17-65-107-101)78-59-47-72(48-60-78)117-90-30-12-6-24-84(90)102-96(117)36-18-66-108-102/h1-66H. The minimum Gasteiger partial charge on any atom is -0.308 e. The molecule has 0 radical (unpaired) electrons. The zero-order valence-electron chi connectivity index (χ0n) is 64.2. The third kappa shape index (κ3) is 10.0. The Labute approximate surface area is 686 Å². The first-order chi connectivity index (χ1) is 59.4. The third-order valence-corrected chi connectivity index (χ3v) is 36.5. The molecule has 0 saturated carbocycles. The van der Waals surface area contributed by atoms with Gasteiger partial charge in [-0.25, -0.2) is 13.5 Å². The molecule has 0 N–H and O–H groups in total. The number of aromatic nitrogens is 12. The van der Waals surface area contributed by atoms with Crippen LogP contribution in [0.4, 0.5) is 0 Å². The summed E-state index contributed by atoms with van der Waals surface area (Å²) in [7, 11) is -11.2. The van der Waals surface area contributed by atoms with Crippen molar-refractivity contribution in [3.63, 3.8) is 0 Å². The Hall–Kier alpha value is -15.0. The molecule has 120 heavy (non-hydrogen) atoms. The summed E-state index contributed by atoms with van der Waals surface area (Å²) in [6, 6.07) is 132. The van der Waals surface area contributed by atoms with E-state index in [0.29, 0.717) is 0 Å². The quantitative estimate of drug-likeness (QED) is 0.111. The second-order valence-electron chi connectivity index (χ2n) is 30.5. The van der Waals surface area contributed by atoms with E-state index in [1.807, 2.05) is 73.6 Å². The molecule has 25 rings (SSSR count). The van der Waals surface area contributed by atoms with Gasteiger partial charge in [0.25, 0.3) is 0 Å². The van der Waals surface area contributed by atoms with Crippen molar-refractivity contribution in [1.29, 1.82) is 0 Å². The molecule has 0 amide bonds. The highest BCUT2D eigenvalue weighted by Gasteiger charge is 2.43. The van der Waals surface area contributed by atoms with Crippen molar-refractivity contribution < 1.29 is 0 Å². The van der Waals surface area contributed by atoms with Gasteiger partial charge in [0.1, 0.15) is 21.6 Å². The van der Waals surface area contributed by atoms with Crippen molar-refractivity contribution in [3.8, 4) is 34.1 Å². The van der Waals surface area contributed by atoms with Crippen LogP contribution in [0.25, 0.3) is 166 Å². The topological polar surface area (TPSA) is 144 Å². The van der Waals surface area contributed by atoms with Crippen LogP contribution >= 0.6 is 21.6 Å². The Morgan fingerprint density at radius 3 is 0.442 bits per heavy atom. The number of nitrogens with zero attached hydrogens (tertiary/aromatic N) is 15. The number of hydrogen-bond acceptors (Lipinski definition) is 9. The summed E-state index contributed by atoms with van der Waals surface area (Å²) in [6.45, 7) is 0. The molecule has 12 aromatic carbocycles. The molecule has 24 aromatic rings. The highest BCUT2D eigenvalue weighted by molar-refractivity contribution is 8.00. The molecule has 0 spiro atoms. The van der Waals surface area contributed by atoms with Gasteiger partial charge in [0.05, 0.1) is 99.3 Å². The first-order valence-corrected chi connectivity index (χ1v) is 45.2. The largest absolute Gasteiger partial charge is 0.308 e. The summed E-state index contributed by atoms with van der Waals surface area (Å²) < 4.78 is 35.1. The molecule has 1 aliphatic heterocycles. The van der Waals surface area contributed by atoms with Crippen LogP contribution in [-0.4, -0.2) is 57.3 Å². The van der Waals surface area contributed by atoms with E-state index in [1.165, 1.54) is 0 Å². The molecule has 0 fully saturated rings. The molecule has 12 aromatic heterocycles. The zero-order chi connectivity index (χ0) is 78.8. The summed E-state index contributed by atoms with van der Waals surface area (Å²) in [5, 5.41) is 12.3. The fraction of sp³-hybridized carbons (Fsp3) is 0. The number of pyridine rings is 6. The fourth-order valence-corrected chi connectivity index (χ4v) is 34.0. The predicted molar refractivity (Wildman–Crippen MR) is 497 cm³/mol. The zero-order valence-corrected chi connectivity index (χ0v) is 66.8. The van der Waals surface area contributed by atoms with Crippen LogP contribution < -0.4 is 31.8 Å². The number of benzene rings is 12. The number of fused-ring (bicyclic) bond motifs is 18. The van der Waals surface area contributed by atoms with E-state index in [2.05, 4.69) is 355 Å². The molecular formula is C102H66N15P3. The second-order valence-corrected chi connectivity index (χ2v) is 39.4. The van der Waals surface area contributed by atoms with Gasteiger partial charge in [-0.15, -0.1) is 0 Å². The monoisotopic (exact) mass is 1590 g/mol. The molecule has 0 bridgehead atoms. The van der Waals surface area contributed by atoms with E-state index in [4.69, 9.17) is 43.5 Å². The first kappa shape index (κ1) is 68.3. The molecule has 0 atom stereocenters. The summed E-state index contributed by atoms with van der Waals surface area (Å²) in [4.78, 5) is 30.1. The van der Waals surface area contributed by atoms with E-state index in [-0.39, 0.29) is 0 Å². The van der Waals surface area contributed by atoms with Crippen LogP contribution in [-0.2, 0) is 0 Å². The highest BCUT2D eigenvalue weighted by atomic mass is 31.3. The van der Waals surface area contributed by atoms with E-state index in [1.54, 1.807) is 0 Å². The molecule has 18 heteroatoms. The summed E-state index contributed by atoms with van der Waals surface area (Å²) in [5.74, 6) is 0. The van der Waals surface area contributed by atoms with Crippen molar-refractivity contribution in [2.45, 2.75) is 0 Å². The van der Waals surface area contributed by atoms with Crippen molar-refractivity contribution in [2.24, 2.45) is 13.5 Å². The number of rotatable bonds is 12. The third-order valence-electron chi connectivity index (χ3n) is 24.1. The predicted octanol–water partition coefficient (Wildman–Crippen LogP) is 23.3. The molecule has 13 heterocycles. The Morgan fingerprint density at radius 1 is 0.142 bits per heavy atom. The van der Waals surface area contributed by atoms with Gasteiger partial charge in [0, 0.05) is 135 Å². The summed E-state index contributed by atoms with van der Waals surface area (Å²) >= 11 is 0. The molecule has 0 unspecified atom stereocenters. The average Bonchev–Trinajstić information content (AvgIpc) is 1.18. The maximum absolute atomic E-state index is 7.02. The van der Waals surface area contributed by atoms with Crippen molar-refractivity contribution in [3.05, 3.63) is 401 Å². The lowest BCUT2D eigenvalue weighted by Crippen LogP contribution is -2.25. The smallest absolute Gasteiger partial charge is 0.138 e. The maximum atomic E-state index is 7.02. The van der Waals surface area contributed by atoms with Crippen molar-refractivity contribution in [2.75, 3.05) is 0 Å². The summed E-state index contributed by atoms with van der Waals surface area (Å²) in [6.07, 6.45) is 11.3. The van der Waals surface area contributed by atoms with E-state index in [9.17, 15) is 0 Å². The minimum atomic E-state index is -3.73. The fourth-order valence-electron chi connectivity index (χ4n) is 18.9. The molecule has 0 saturated heterocycles. The number of hydrogen-bond donors (Lipinski definition) is 0. The van der Waals surface area contributed by atoms with Crippen LogP contribution in [0.5, 0.6) is 0 Å². The van der Waals surface area contributed by atoms with Gasteiger partial charge < -0.3 is 27.4 Å². The molecule has 1 aliphatic rings. The van der Waals surface area contributed by atoms with E-state index >= 15 is 0 Å². The Bertz CT molecular complexity index is 6950. The van der Waals surface area contributed by atoms with Gasteiger partial charge >= 0.3 is 0 Å². The van der Waals surface area contributed by atoms with Gasteiger partial charge in [-0.1, -0.05) is 109 Å². The van der Waals surface area contributed by atoms with E-state index < -0.39 is 21.6 Å². The van der Waals surface area contributed by atoms with Crippen LogP contribution in [0.1, 0.15) is 0 Å². The van der Waals surface area contributed by atoms with Crippen molar-refractivity contribution >= 4 is 185 Å². The lowest BCUT2D eigenvalue weighted by Gasteiger charge is -2.38. The van der Waals surface area contributed by atoms with Gasteiger partial charge in [-0.05, 0) is 255 Å². The molecular weight excluding hydrogens is 1530 g/mol. The van der Waals surface area contributed by atoms with Crippen LogP contribution in [0, 0.1) is 0 Å². The van der Waals surface area contributed by atoms with Crippen molar-refractivity contribution in [1.82, 2.24) is 57.3 Å². The normalized spacial score (nSPS) is 13.9. The second kappa shape index (κ2) is 26.5. The lowest BCUT2D eigenvalue weighted by molar-refractivity contribution is 1.18. The van der Waals surface area contributed by atoms with Crippen LogP contribution in [0.2, 0.25) is 0 Å². The lowest BCUT2D eigenvalue weighted by atomic mass is 10.2. The SMILES string of the molecule is c1ccc2c(c1)c1ncccc1n2-c1ccc(P2(c3ccc(-n4c5ccccc5c5ncccc54)cc3)=NP(c3ccc(-n4c5ccccc5c5ncccc54)cc3)(c3ccc(-n4c5ccccc5c5ncccc54)cc3)=NP(c3ccc(-n4c5ccccc5c5ncccc54)cc3)(c3ccc(-n4c5ccccc5c5ncccc54)cc3)=N2)cc1. The van der Waals surface area contributed by atoms with Gasteiger partial charge in [0.15, 0.2) is 0 Å². The average molecular weight is 1590 g/mol. The Kier molecular flexibility index (Phi) is 15.1. The van der Waals surface area contributed by atoms with Crippen LogP contribution in [0.3, 0.4) is 0 Å². The molecule has 564 valence electrons. The van der Waals surface area contributed by atoms with Gasteiger partial charge in [-0.2, -0.15) is 0 Å². The van der Waals surface area contributed by atoms with E-state index in [0.717, 1.165) is 198 Å². The minimum absolute atomic E-state index is 0.937. The number of para-hydroxylation sites is 6.